The fourth-order valence-electron chi connectivity index (χ4n) is 1.54. The first-order valence-corrected chi connectivity index (χ1v) is 8.07. The van der Waals surface area contributed by atoms with Gasteiger partial charge in [0, 0.05) is 38.6 Å². The van der Waals surface area contributed by atoms with Crippen LogP contribution in [-0.4, -0.2) is 75.0 Å². The predicted molar refractivity (Wildman–Crippen MR) is 87.6 cm³/mol. The molecular formula is C15H29N3O6. The van der Waals surface area contributed by atoms with E-state index in [-0.39, 0.29) is 26.1 Å². The van der Waals surface area contributed by atoms with Gasteiger partial charge in [-0.05, 0) is 0 Å². The van der Waals surface area contributed by atoms with Crippen molar-refractivity contribution in [2.24, 2.45) is 0 Å². The van der Waals surface area contributed by atoms with Crippen LogP contribution in [0.4, 0.5) is 4.79 Å². The van der Waals surface area contributed by atoms with Crippen LogP contribution in [0.2, 0.25) is 0 Å². The molecule has 4 N–H and O–H groups in total. The quantitative estimate of drug-likeness (QED) is 0.182. The van der Waals surface area contributed by atoms with Crippen LogP contribution in [0.3, 0.4) is 0 Å². The van der Waals surface area contributed by atoms with Crippen molar-refractivity contribution in [1.82, 2.24) is 16.0 Å². The summed E-state index contributed by atoms with van der Waals surface area (Å²) in [7, 11) is 0. The Kier molecular flexibility index (Phi) is 13.8. The third kappa shape index (κ3) is 15.2. The molecule has 1 amide bonds. The Morgan fingerprint density at radius 2 is 1.75 bits per heavy atom. The van der Waals surface area contributed by atoms with Gasteiger partial charge >= 0.3 is 12.1 Å². The summed E-state index contributed by atoms with van der Waals surface area (Å²) in [6.07, 6.45) is -1.09. The third-order valence-corrected chi connectivity index (χ3v) is 2.74. The molecule has 0 bridgehead atoms. The van der Waals surface area contributed by atoms with Crippen molar-refractivity contribution in [1.29, 1.82) is 0 Å². The molecule has 0 fully saturated rings. The minimum Gasteiger partial charge on any atom is -0.463 e. The van der Waals surface area contributed by atoms with Crippen molar-refractivity contribution in [2.75, 3.05) is 39.4 Å². The summed E-state index contributed by atoms with van der Waals surface area (Å²) in [5.74, 6) is -0.580. The van der Waals surface area contributed by atoms with Crippen molar-refractivity contribution in [2.45, 2.75) is 38.8 Å². The molecule has 0 spiro atoms. The Morgan fingerprint density at radius 3 is 2.42 bits per heavy atom. The monoisotopic (exact) mass is 347 g/mol. The van der Waals surface area contributed by atoms with Gasteiger partial charge in [-0.2, -0.15) is 0 Å². The number of aliphatic hydroxyl groups excluding tert-OH is 1. The molecule has 0 aromatic carbocycles. The van der Waals surface area contributed by atoms with E-state index in [4.69, 9.17) is 9.47 Å². The highest BCUT2D eigenvalue weighted by Gasteiger charge is 2.11. The molecule has 140 valence electrons. The van der Waals surface area contributed by atoms with E-state index in [9.17, 15) is 19.5 Å². The summed E-state index contributed by atoms with van der Waals surface area (Å²) in [5.41, 5.74) is 0. The largest absolute Gasteiger partial charge is 0.463 e. The number of carbonyl (C=O) groups excluding carboxylic acids is 3. The van der Waals surface area contributed by atoms with Gasteiger partial charge in [-0.1, -0.05) is 13.8 Å². The van der Waals surface area contributed by atoms with Crippen molar-refractivity contribution >= 4 is 18.3 Å². The number of carbonyl (C=O) groups is 3. The van der Waals surface area contributed by atoms with Gasteiger partial charge in [0.05, 0.1) is 6.42 Å². The second-order valence-electron chi connectivity index (χ2n) is 5.43. The first-order valence-electron chi connectivity index (χ1n) is 8.07. The van der Waals surface area contributed by atoms with Crippen LogP contribution in [0.15, 0.2) is 0 Å². The van der Waals surface area contributed by atoms with Gasteiger partial charge in [-0.3, -0.25) is 4.79 Å². The number of ether oxygens (including phenoxy) is 2. The number of alkyl carbamates (subject to hydrolysis) is 1. The summed E-state index contributed by atoms with van der Waals surface area (Å²) in [5, 5.41) is 18.4. The standard InChI is InChI=1S/C15H29N3O6/c1-12(2)17-7-5-16-6-8-18-15(22)24-11-13(20)10-23-14(21)4-3-9-19/h9,12-13,16-17,20H,3-8,10-11H2,1-2H3,(H,18,22). The molecule has 0 saturated carbocycles. The number of nitrogens with one attached hydrogen (secondary N) is 3. The van der Waals surface area contributed by atoms with Gasteiger partial charge in [0.25, 0.3) is 0 Å². The van der Waals surface area contributed by atoms with Gasteiger partial charge in [0.15, 0.2) is 0 Å². The molecule has 0 aliphatic heterocycles. The first-order chi connectivity index (χ1) is 11.5. The zero-order valence-electron chi connectivity index (χ0n) is 14.4. The van der Waals surface area contributed by atoms with Crippen LogP contribution in [0.5, 0.6) is 0 Å². The molecule has 0 aromatic heterocycles. The maximum absolute atomic E-state index is 11.4. The number of aliphatic hydroxyl groups is 1. The van der Waals surface area contributed by atoms with E-state index in [0.29, 0.717) is 25.4 Å². The Labute approximate surface area is 142 Å². The third-order valence-electron chi connectivity index (χ3n) is 2.74. The lowest BCUT2D eigenvalue weighted by atomic mass is 10.3. The Morgan fingerprint density at radius 1 is 1.08 bits per heavy atom. The molecule has 1 unspecified atom stereocenters. The summed E-state index contributed by atoms with van der Waals surface area (Å²) in [6, 6.07) is 0.440. The SMILES string of the molecule is CC(C)NCCNCCNC(=O)OCC(O)COC(=O)CCC=O. The molecule has 9 nitrogen and oxygen atoms in total. The number of hydrogen-bond acceptors (Lipinski definition) is 8. The second kappa shape index (κ2) is 14.9. The van der Waals surface area contributed by atoms with Crippen molar-refractivity contribution in [3.05, 3.63) is 0 Å². The topological polar surface area (TPSA) is 126 Å². The molecule has 0 rings (SSSR count). The average Bonchev–Trinajstić information content (AvgIpc) is 2.55. The Bertz CT molecular complexity index is 365. The minimum atomic E-state index is -1.10. The van der Waals surface area contributed by atoms with E-state index in [1.807, 2.05) is 0 Å². The highest BCUT2D eigenvalue weighted by Crippen LogP contribution is 1.94. The lowest BCUT2D eigenvalue weighted by Crippen LogP contribution is -2.37. The molecular weight excluding hydrogens is 318 g/mol. The lowest BCUT2D eigenvalue weighted by Gasteiger charge is -2.12. The lowest BCUT2D eigenvalue weighted by molar-refractivity contribution is -0.147. The number of rotatable bonds is 14. The van der Waals surface area contributed by atoms with Crippen LogP contribution in [0.1, 0.15) is 26.7 Å². The van der Waals surface area contributed by atoms with Gasteiger partial charge in [0.2, 0.25) is 0 Å². The van der Waals surface area contributed by atoms with Crippen LogP contribution < -0.4 is 16.0 Å². The molecule has 1 atom stereocenters. The minimum absolute atomic E-state index is 0.0305. The predicted octanol–water partition coefficient (Wildman–Crippen LogP) is -0.817. The van der Waals surface area contributed by atoms with E-state index in [1.54, 1.807) is 0 Å². The molecule has 9 heteroatoms. The molecule has 0 aliphatic rings. The van der Waals surface area contributed by atoms with Gasteiger partial charge < -0.3 is 35.3 Å². The maximum atomic E-state index is 11.4. The highest BCUT2D eigenvalue weighted by molar-refractivity contribution is 5.72. The van der Waals surface area contributed by atoms with Crippen molar-refractivity contribution < 1.29 is 29.0 Å². The molecule has 0 aromatic rings. The highest BCUT2D eigenvalue weighted by atomic mass is 16.6. The molecule has 0 radical (unpaired) electrons. The van der Waals surface area contributed by atoms with E-state index >= 15 is 0 Å². The summed E-state index contributed by atoms with van der Waals surface area (Å²) >= 11 is 0. The van der Waals surface area contributed by atoms with Crippen LogP contribution in [-0.2, 0) is 19.1 Å². The number of hydrogen-bond donors (Lipinski definition) is 4. The maximum Gasteiger partial charge on any atom is 0.407 e. The van der Waals surface area contributed by atoms with Crippen LogP contribution >= 0.6 is 0 Å². The van der Waals surface area contributed by atoms with Gasteiger partial charge in [-0.25, -0.2) is 4.79 Å². The van der Waals surface area contributed by atoms with Gasteiger partial charge in [0.1, 0.15) is 25.6 Å². The molecule has 0 aliphatic carbocycles. The van der Waals surface area contributed by atoms with Crippen LogP contribution in [0.25, 0.3) is 0 Å². The Balaban J connectivity index is 3.50. The van der Waals surface area contributed by atoms with Crippen molar-refractivity contribution in [3.63, 3.8) is 0 Å². The molecule has 0 saturated heterocycles. The average molecular weight is 347 g/mol. The van der Waals surface area contributed by atoms with E-state index in [1.165, 1.54) is 0 Å². The summed E-state index contributed by atoms with van der Waals surface area (Å²) < 4.78 is 9.50. The number of esters is 1. The van der Waals surface area contributed by atoms with Crippen molar-refractivity contribution in [3.8, 4) is 0 Å². The summed E-state index contributed by atoms with van der Waals surface area (Å²) in [4.78, 5) is 32.6. The van der Waals surface area contributed by atoms with Gasteiger partial charge in [-0.15, -0.1) is 0 Å². The summed E-state index contributed by atoms with van der Waals surface area (Å²) in [6.45, 7) is 6.22. The van der Waals surface area contributed by atoms with E-state index < -0.39 is 18.2 Å². The smallest absolute Gasteiger partial charge is 0.407 e. The van der Waals surface area contributed by atoms with Crippen LogP contribution in [0, 0.1) is 0 Å². The van der Waals surface area contributed by atoms with E-state index in [0.717, 1.165) is 13.1 Å². The zero-order valence-corrected chi connectivity index (χ0v) is 14.4. The zero-order chi connectivity index (χ0) is 18.2. The molecule has 0 heterocycles. The fraction of sp³-hybridized carbons (Fsp3) is 0.800. The fourth-order valence-corrected chi connectivity index (χ4v) is 1.54. The van der Waals surface area contributed by atoms with E-state index in [2.05, 4.69) is 29.8 Å². The normalized spacial score (nSPS) is 11.8. The number of amides is 1. The Hall–Kier alpha value is -1.71. The number of aldehydes is 1. The molecule has 24 heavy (non-hydrogen) atoms. The second-order valence-corrected chi connectivity index (χ2v) is 5.43. The first kappa shape index (κ1) is 22.3.